The van der Waals surface area contributed by atoms with E-state index in [1.807, 2.05) is 81.3 Å². The molecule has 9 heteroatoms. The predicted octanol–water partition coefficient (Wildman–Crippen LogP) is 4.75. The summed E-state index contributed by atoms with van der Waals surface area (Å²) in [5.74, 6) is -0.480. The van der Waals surface area contributed by atoms with Gasteiger partial charge in [0.2, 0.25) is 11.7 Å². The van der Waals surface area contributed by atoms with Gasteiger partial charge in [0.15, 0.2) is 0 Å². The number of nitrogens with zero attached hydrogens (tertiary/aromatic N) is 1. The highest BCUT2D eigenvalue weighted by atomic mass is 16.2. The second-order valence-corrected chi connectivity index (χ2v) is 9.80. The van der Waals surface area contributed by atoms with Crippen LogP contribution in [-0.4, -0.2) is 86.3 Å². The SMILES string of the molecule is CC.CC.CC.CCCNC(=O)C(=O)C(CC(C)C)NC(=O)C1CCCN1C.CNC(C=O)C1CCCCC1.CO. The lowest BCUT2D eigenvalue weighted by Gasteiger charge is -2.25. The molecule has 0 spiro atoms. The van der Waals surface area contributed by atoms with E-state index < -0.39 is 17.7 Å². The fourth-order valence-corrected chi connectivity index (χ4v) is 4.60. The molecule has 0 bridgehead atoms. The lowest BCUT2D eigenvalue weighted by atomic mass is 9.84. The smallest absolute Gasteiger partial charge is 0.289 e. The summed E-state index contributed by atoms with van der Waals surface area (Å²) in [6, 6.07) is -0.824. The van der Waals surface area contributed by atoms with Crippen molar-refractivity contribution in [2.45, 2.75) is 138 Å². The number of hydrogen-bond donors (Lipinski definition) is 4. The van der Waals surface area contributed by atoms with Crippen molar-refractivity contribution in [3.63, 3.8) is 0 Å². The molecule has 1 aliphatic heterocycles. The Bertz CT molecular complexity index is 625. The zero-order valence-corrected chi connectivity index (χ0v) is 28.8. The van der Waals surface area contributed by atoms with E-state index in [0.29, 0.717) is 18.9 Å². The maximum Gasteiger partial charge on any atom is 0.289 e. The maximum absolute atomic E-state index is 12.4. The molecule has 1 saturated heterocycles. The minimum atomic E-state index is -0.738. The highest BCUT2D eigenvalue weighted by Gasteiger charge is 2.33. The standard InChI is InChI=1S/C16H29N3O3.C9H17NO.3C2H6.CH4O/c1-5-8-17-16(22)14(20)12(10-11(2)3)18-15(21)13-7-6-9-19(13)4;1-10-9(7-11)8-5-3-2-4-6-8;4*1-2/h11-13H,5-10H2,1-4H3,(H,17,22)(H,18,21);7-10H,2-6H2,1H3;3*1-2H3;2H,1H3. The van der Waals surface area contributed by atoms with Gasteiger partial charge in [-0.05, 0) is 71.0 Å². The average Bonchev–Trinajstić information content (AvgIpc) is 3.46. The number of Topliss-reactive ketones (excluding diaryl/α,β-unsaturated/α-hetero) is 1. The molecule has 41 heavy (non-hydrogen) atoms. The molecule has 0 aromatic rings. The molecule has 246 valence electrons. The quantitative estimate of drug-likeness (QED) is 0.203. The molecule has 1 heterocycles. The Labute approximate surface area is 253 Å². The highest BCUT2D eigenvalue weighted by molar-refractivity contribution is 6.38. The number of carbonyl (C=O) groups is 4. The zero-order valence-electron chi connectivity index (χ0n) is 28.8. The Morgan fingerprint density at radius 2 is 1.46 bits per heavy atom. The van der Waals surface area contributed by atoms with E-state index in [9.17, 15) is 19.2 Å². The Kier molecular flexibility index (Phi) is 36.8. The van der Waals surface area contributed by atoms with Gasteiger partial charge in [-0.3, -0.25) is 19.3 Å². The van der Waals surface area contributed by atoms with Crippen LogP contribution in [0, 0.1) is 11.8 Å². The summed E-state index contributed by atoms with van der Waals surface area (Å²) < 4.78 is 0. The van der Waals surface area contributed by atoms with Crippen molar-refractivity contribution in [1.82, 2.24) is 20.9 Å². The molecule has 3 atom stereocenters. The van der Waals surface area contributed by atoms with E-state index >= 15 is 0 Å². The van der Waals surface area contributed by atoms with Crippen molar-refractivity contribution in [2.75, 3.05) is 34.3 Å². The summed E-state index contributed by atoms with van der Waals surface area (Å²) in [6.07, 6.45) is 10.5. The molecule has 2 fully saturated rings. The number of amides is 2. The topological polar surface area (TPSA) is 128 Å². The van der Waals surface area contributed by atoms with Crippen molar-refractivity contribution >= 4 is 23.9 Å². The number of aliphatic hydroxyl groups is 1. The first-order valence-electron chi connectivity index (χ1n) is 16.1. The van der Waals surface area contributed by atoms with E-state index in [1.165, 1.54) is 32.1 Å². The Hall–Kier alpha value is -1.84. The maximum atomic E-state index is 12.4. The van der Waals surface area contributed by atoms with Crippen LogP contribution < -0.4 is 16.0 Å². The van der Waals surface area contributed by atoms with Gasteiger partial charge >= 0.3 is 0 Å². The van der Waals surface area contributed by atoms with Crippen LogP contribution in [0.25, 0.3) is 0 Å². The first kappa shape index (κ1) is 46.1. The Morgan fingerprint density at radius 3 is 1.85 bits per heavy atom. The van der Waals surface area contributed by atoms with Crippen molar-refractivity contribution in [3.8, 4) is 0 Å². The van der Waals surface area contributed by atoms with Crippen LogP contribution in [-0.2, 0) is 19.2 Å². The minimum Gasteiger partial charge on any atom is -0.400 e. The molecular formula is C32H68N4O5. The number of rotatable bonds is 11. The molecule has 9 nitrogen and oxygen atoms in total. The molecule has 2 aliphatic rings. The summed E-state index contributed by atoms with van der Waals surface area (Å²) >= 11 is 0. The molecule has 3 unspecified atom stereocenters. The van der Waals surface area contributed by atoms with Gasteiger partial charge in [0.1, 0.15) is 6.29 Å². The van der Waals surface area contributed by atoms with Crippen molar-refractivity contribution in [1.29, 1.82) is 0 Å². The van der Waals surface area contributed by atoms with E-state index in [0.717, 1.165) is 39.2 Å². The van der Waals surface area contributed by atoms with Gasteiger partial charge in [-0.1, -0.05) is 81.6 Å². The molecule has 0 aromatic carbocycles. The van der Waals surface area contributed by atoms with Crippen molar-refractivity contribution in [2.24, 2.45) is 11.8 Å². The number of aldehydes is 1. The summed E-state index contributed by atoms with van der Waals surface area (Å²) in [4.78, 5) is 49.1. The molecule has 0 radical (unpaired) electrons. The highest BCUT2D eigenvalue weighted by Crippen LogP contribution is 2.25. The van der Waals surface area contributed by atoms with Crippen LogP contribution in [0.4, 0.5) is 0 Å². The normalized spacial score (nSPS) is 17.5. The van der Waals surface area contributed by atoms with Crippen LogP contribution in [0.1, 0.15) is 120 Å². The summed E-state index contributed by atoms with van der Waals surface area (Å²) in [5, 5.41) is 15.4. The number of aliphatic hydroxyl groups excluding tert-OH is 1. The second kappa shape index (κ2) is 32.7. The number of likely N-dealkylation sites (N-methyl/N-ethyl adjacent to an activating group) is 2. The fraction of sp³-hybridized carbons (Fsp3) is 0.875. The van der Waals surface area contributed by atoms with Gasteiger partial charge in [-0.25, -0.2) is 0 Å². The predicted molar refractivity (Wildman–Crippen MR) is 173 cm³/mol. The van der Waals surface area contributed by atoms with E-state index in [1.54, 1.807) is 0 Å². The number of ketones is 1. The van der Waals surface area contributed by atoms with E-state index in [2.05, 4.69) is 16.0 Å². The molecule has 1 aliphatic carbocycles. The number of likely N-dealkylation sites (tertiary alicyclic amines) is 1. The second-order valence-electron chi connectivity index (χ2n) is 9.80. The Morgan fingerprint density at radius 1 is 0.927 bits per heavy atom. The number of hydrogen-bond acceptors (Lipinski definition) is 7. The number of nitrogens with one attached hydrogen (secondary N) is 3. The fourth-order valence-electron chi connectivity index (χ4n) is 4.60. The van der Waals surface area contributed by atoms with Gasteiger partial charge in [0, 0.05) is 13.7 Å². The molecule has 4 N–H and O–H groups in total. The average molecular weight is 589 g/mol. The van der Waals surface area contributed by atoms with Gasteiger partial charge in [-0.2, -0.15) is 0 Å². The third-order valence-electron chi connectivity index (χ3n) is 6.56. The van der Waals surface area contributed by atoms with E-state index in [4.69, 9.17) is 5.11 Å². The van der Waals surface area contributed by atoms with Gasteiger partial charge in [-0.15, -0.1) is 0 Å². The molecule has 1 saturated carbocycles. The third-order valence-corrected chi connectivity index (χ3v) is 6.56. The summed E-state index contributed by atoms with van der Waals surface area (Å²) in [6.45, 7) is 19.2. The van der Waals surface area contributed by atoms with Crippen LogP contribution in [0.3, 0.4) is 0 Å². The summed E-state index contributed by atoms with van der Waals surface area (Å²) in [5.41, 5.74) is 0. The third kappa shape index (κ3) is 21.5. The molecule has 0 aromatic heterocycles. The molecule has 2 rings (SSSR count). The van der Waals surface area contributed by atoms with Crippen LogP contribution >= 0.6 is 0 Å². The van der Waals surface area contributed by atoms with Gasteiger partial charge in [0.25, 0.3) is 5.91 Å². The van der Waals surface area contributed by atoms with Crippen LogP contribution in [0.2, 0.25) is 0 Å². The van der Waals surface area contributed by atoms with Crippen molar-refractivity contribution in [3.05, 3.63) is 0 Å². The van der Waals surface area contributed by atoms with Gasteiger partial charge in [0.05, 0.1) is 18.1 Å². The largest absolute Gasteiger partial charge is 0.400 e. The lowest BCUT2D eigenvalue weighted by Crippen LogP contribution is -2.52. The molecular weight excluding hydrogens is 520 g/mol. The Balaban J connectivity index is -0.000000301. The van der Waals surface area contributed by atoms with Crippen LogP contribution in [0.5, 0.6) is 0 Å². The first-order valence-corrected chi connectivity index (χ1v) is 16.1. The van der Waals surface area contributed by atoms with E-state index in [-0.39, 0.29) is 23.9 Å². The summed E-state index contributed by atoms with van der Waals surface area (Å²) in [7, 11) is 4.78. The monoisotopic (exact) mass is 589 g/mol. The van der Waals surface area contributed by atoms with Crippen LogP contribution in [0.15, 0.2) is 0 Å². The first-order chi connectivity index (χ1) is 19.7. The minimum absolute atomic E-state index is 0.107. The number of carbonyl (C=O) groups excluding carboxylic acids is 4. The zero-order chi connectivity index (χ0) is 32.8. The van der Waals surface area contributed by atoms with Crippen molar-refractivity contribution < 1.29 is 24.3 Å². The lowest BCUT2D eigenvalue weighted by molar-refractivity contribution is -0.140. The molecule has 2 amide bonds. The van der Waals surface area contributed by atoms with Gasteiger partial charge < -0.3 is 25.9 Å².